The smallest absolute Gasteiger partial charge is 0.228 e. The highest BCUT2D eigenvalue weighted by Crippen LogP contribution is 2.36. The highest BCUT2D eigenvalue weighted by Gasteiger charge is 2.37. The SMILES string of the molecule is O=C1N[C@@H]2/C=C\C=C[C@H]1[C@@H]1C=C[C@H]2C1. The maximum atomic E-state index is 11.8. The molecular formula is C12H13NO. The van der Waals surface area contributed by atoms with Crippen LogP contribution in [0.4, 0.5) is 0 Å². The summed E-state index contributed by atoms with van der Waals surface area (Å²) in [5, 5.41) is 3.08. The van der Waals surface area contributed by atoms with Crippen LogP contribution in [0.5, 0.6) is 0 Å². The minimum Gasteiger partial charge on any atom is -0.349 e. The highest BCUT2D eigenvalue weighted by molar-refractivity contribution is 5.82. The van der Waals surface area contributed by atoms with Gasteiger partial charge in [0.25, 0.3) is 0 Å². The van der Waals surface area contributed by atoms with E-state index in [-0.39, 0.29) is 17.9 Å². The van der Waals surface area contributed by atoms with E-state index in [1.807, 2.05) is 18.2 Å². The van der Waals surface area contributed by atoms with Crippen LogP contribution in [0.1, 0.15) is 6.42 Å². The molecule has 1 aliphatic carbocycles. The van der Waals surface area contributed by atoms with Crippen molar-refractivity contribution in [3.63, 3.8) is 0 Å². The van der Waals surface area contributed by atoms with Gasteiger partial charge in [-0.1, -0.05) is 36.5 Å². The molecule has 0 spiro atoms. The Hall–Kier alpha value is -1.31. The largest absolute Gasteiger partial charge is 0.349 e. The molecule has 0 aromatic heterocycles. The normalized spacial score (nSPS) is 45.6. The number of rotatable bonds is 0. The fourth-order valence-corrected chi connectivity index (χ4v) is 2.64. The second kappa shape index (κ2) is 2.84. The average Bonchev–Trinajstić information content (AvgIpc) is 2.58. The molecule has 0 aromatic carbocycles. The van der Waals surface area contributed by atoms with Crippen molar-refractivity contribution in [2.45, 2.75) is 12.5 Å². The summed E-state index contributed by atoms with van der Waals surface area (Å²) in [5.74, 6) is 1.16. The van der Waals surface area contributed by atoms with Crippen LogP contribution < -0.4 is 5.32 Å². The van der Waals surface area contributed by atoms with Gasteiger partial charge in [-0.15, -0.1) is 0 Å². The molecular weight excluding hydrogens is 174 g/mol. The maximum Gasteiger partial charge on any atom is 0.228 e. The lowest BCUT2D eigenvalue weighted by molar-refractivity contribution is -0.124. The average molecular weight is 187 g/mol. The molecule has 4 bridgehead atoms. The number of hydrogen-bond acceptors (Lipinski definition) is 1. The minimum atomic E-state index is 0.0474. The number of amides is 1. The molecule has 2 nitrogen and oxygen atoms in total. The lowest BCUT2D eigenvalue weighted by atomic mass is 9.90. The molecule has 1 N–H and O–H groups in total. The molecule has 0 unspecified atom stereocenters. The van der Waals surface area contributed by atoms with Crippen molar-refractivity contribution < 1.29 is 4.79 Å². The Morgan fingerprint density at radius 3 is 2.79 bits per heavy atom. The van der Waals surface area contributed by atoms with E-state index in [1.54, 1.807) is 0 Å². The van der Waals surface area contributed by atoms with Crippen molar-refractivity contribution in [1.82, 2.24) is 5.32 Å². The Balaban J connectivity index is 2.09. The van der Waals surface area contributed by atoms with Crippen molar-refractivity contribution in [2.75, 3.05) is 0 Å². The summed E-state index contributed by atoms with van der Waals surface area (Å²) < 4.78 is 0. The number of carbonyl (C=O) groups is 1. The van der Waals surface area contributed by atoms with Gasteiger partial charge in [-0.05, 0) is 12.3 Å². The number of nitrogens with one attached hydrogen (secondary N) is 1. The fourth-order valence-electron chi connectivity index (χ4n) is 2.64. The van der Waals surface area contributed by atoms with Crippen molar-refractivity contribution >= 4 is 5.91 Å². The third kappa shape index (κ3) is 1.07. The van der Waals surface area contributed by atoms with Crippen LogP contribution in [-0.2, 0) is 4.79 Å². The van der Waals surface area contributed by atoms with E-state index >= 15 is 0 Å². The molecule has 0 saturated carbocycles. The Kier molecular flexibility index (Phi) is 1.63. The zero-order valence-corrected chi connectivity index (χ0v) is 7.89. The fraction of sp³-hybridized carbons (Fsp3) is 0.417. The van der Waals surface area contributed by atoms with Crippen molar-refractivity contribution in [2.24, 2.45) is 17.8 Å². The molecule has 1 saturated heterocycles. The van der Waals surface area contributed by atoms with Gasteiger partial charge in [0.05, 0.1) is 12.0 Å². The second-order valence-corrected chi connectivity index (χ2v) is 4.28. The Morgan fingerprint density at radius 1 is 1.07 bits per heavy atom. The number of fused-ring (bicyclic) bond motifs is 7. The highest BCUT2D eigenvalue weighted by atomic mass is 16.2. The second-order valence-electron chi connectivity index (χ2n) is 4.28. The molecule has 2 heterocycles. The van der Waals surface area contributed by atoms with Gasteiger partial charge in [0.2, 0.25) is 5.91 Å². The first-order valence-electron chi connectivity index (χ1n) is 5.18. The molecule has 3 aliphatic rings. The standard InChI is InChI=1S/C12H13NO/c14-12-10-3-1-2-4-11(13-12)9-6-5-8(10)7-9/h1-6,8-11H,7H2,(H,13,14)/b3-1?,4-2-/t8-,9+,10+,11-/m1/s1. The summed E-state index contributed by atoms with van der Waals surface area (Å²) in [4.78, 5) is 11.8. The zero-order chi connectivity index (χ0) is 9.54. The van der Waals surface area contributed by atoms with Gasteiger partial charge in [0.15, 0.2) is 0 Å². The molecule has 1 fully saturated rings. The van der Waals surface area contributed by atoms with Crippen LogP contribution in [0.25, 0.3) is 0 Å². The Labute approximate surface area is 83.4 Å². The molecule has 2 heteroatoms. The predicted octanol–water partition coefficient (Wildman–Crippen LogP) is 1.42. The molecule has 0 radical (unpaired) electrons. The van der Waals surface area contributed by atoms with E-state index in [9.17, 15) is 4.79 Å². The van der Waals surface area contributed by atoms with Gasteiger partial charge in [-0.2, -0.15) is 0 Å². The van der Waals surface area contributed by atoms with Gasteiger partial charge in [-0.25, -0.2) is 0 Å². The molecule has 1 amide bonds. The van der Waals surface area contributed by atoms with Crippen molar-refractivity contribution in [3.05, 3.63) is 36.5 Å². The van der Waals surface area contributed by atoms with Crippen LogP contribution in [0.3, 0.4) is 0 Å². The van der Waals surface area contributed by atoms with Crippen molar-refractivity contribution in [1.29, 1.82) is 0 Å². The first kappa shape index (κ1) is 8.04. The molecule has 0 aromatic rings. The summed E-state index contributed by atoms with van der Waals surface area (Å²) in [6.45, 7) is 0. The zero-order valence-electron chi connectivity index (χ0n) is 7.89. The van der Waals surface area contributed by atoms with Gasteiger partial charge in [0.1, 0.15) is 0 Å². The van der Waals surface area contributed by atoms with E-state index in [4.69, 9.17) is 0 Å². The summed E-state index contributed by atoms with van der Waals surface area (Å²) in [5.41, 5.74) is 0. The van der Waals surface area contributed by atoms with Crippen LogP contribution >= 0.6 is 0 Å². The summed E-state index contributed by atoms with van der Waals surface area (Å²) in [6.07, 6.45) is 13.7. The van der Waals surface area contributed by atoms with Gasteiger partial charge in [0, 0.05) is 5.92 Å². The summed E-state index contributed by atoms with van der Waals surface area (Å²) in [7, 11) is 0. The van der Waals surface area contributed by atoms with Crippen LogP contribution in [0, 0.1) is 17.8 Å². The minimum absolute atomic E-state index is 0.0474. The van der Waals surface area contributed by atoms with E-state index in [1.165, 1.54) is 0 Å². The topological polar surface area (TPSA) is 29.1 Å². The lowest BCUT2D eigenvalue weighted by Crippen LogP contribution is -2.39. The third-order valence-electron chi connectivity index (χ3n) is 3.43. The summed E-state index contributed by atoms with van der Waals surface area (Å²) in [6, 6.07) is 0.207. The first-order chi connectivity index (χ1) is 6.84. The Morgan fingerprint density at radius 2 is 1.86 bits per heavy atom. The van der Waals surface area contributed by atoms with E-state index in [0.29, 0.717) is 11.8 Å². The Bertz CT molecular complexity index is 353. The summed E-state index contributed by atoms with van der Waals surface area (Å²) >= 11 is 0. The van der Waals surface area contributed by atoms with Gasteiger partial charge >= 0.3 is 0 Å². The predicted molar refractivity (Wildman–Crippen MR) is 54.4 cm³/mol. The molecule has 72 valence electrons. The van der Waals surface area contributed by atoms with Gasteiger partial charge < -0.3 is 5.32 Å². The van der Waals surface area contributed by atoms with Crippen LogP contribution in [0.15, 0.2) is 36.5 Å². The molecule has 3 rings (SSSR count). The van der Waals surface area contributed by atoms with Crippen LogP contribution in [0.2, 0.25) is 0 Å². The van der Waals surface area contributed by atoms with E-state index < -0.39 is 0 Å². The molecule has 4 atom stereocenters. The van der Waals surface area contributed by atoms with Crippen molar-refractivity contribution in [3.8, 4) is 0 Å². The molecule has 14 heavy (non-hydrogen) atoms. The lowest BCUT2D eigenvalue weighted by Gasteiger charge is -2.20. The van der Waals surface area contributed by atoms with E-state index in [2.05, 4.69) is 23.5 Å². The van der Waals surface area contributed by atoms with E-state index in [0.717, 1.165) is 6.42 Å². The van der Waals surface area contributed by atoms with Crippen LogP contribution in [-0.4, -0.2) is 11.9 Å². The quantitative estimate of drug-likeness (QED) is 0.571. The monoisotopic (exact) mass is 187 g/mol. The van der Waals surface area contributed by atoms with Gasteiger partial charge in [-0.3, -0.25) is 4.79 Å². The number of hydrogen-bond donors (Lipinski definition) is 1. The maximum absolute atomic E-state index is 11.8. The number of allylic oxidation sites excluding steroid dienone is 3. The number of carbonyl (C=O) groups excluding carboxylic acids is 1. The first-order valence-corrected chi connectivity index (χ1v) is 5.18. The third-order valence-corrected chi connectivity index (χ3v) is 3.43. The molecule has 2 aliphatic heterocycles.